The van der Waals surface area contributed by atoms with E-state index in [9.17, 15) is 0 Å². The van der Waals surface area contributed by atoms with Gasteiger partial charge in [0, 0.05) is 23.4 Å². The zero-order valence-electron chi connectivity index (χ0n) is 14.4. The first kappa shape index (κ1) is 16.3. The number of rotatable bonds is 6. The fourth-order valence-corrected chi connectivity index (χ4v) is 3.14. The van der Waals surface area contributed by atoms with E-state index in [1.54, 1.807) is 0 Å². The third kappa shape index (κ3) is 3.18. The molecule has 3 rings (SSSR count). The molecule has 0 aliphatic rings. The second-order valence-electron chi connectivity index (χ2n) is 6.16. The molecule has 1 N–H and O–H groups in total. The molecule has 0 saturated carbocycles. The van der Waals surface area contributed by atoms with E-state index in [1.165, 1.54) is 11.3 Å². The average molecular weight is 316 g/mol. The number of benzene rings is 2. The first-order chi connectivity index (χ1) is 11.7. The van der Waals surface area contributed by atoms with Gasteiger partial charge in [-0.25, -0.2) is 0 Å². The van der Waals surface area contributed by atoms with Crippen molar-refractivity contribution in [3.8, 4) is 11.3 Å². The van der Waals surface area contributed by atoms with Crippen LogP contribution in [0.25, 0.3) is 11.3 Å². The quantitative estimate of drug-likeness (QED) is 0.567. The highest BCUT2D eigenvalue weighted by Crippen LogP contribution is 2.30. The van der Waals surface area contributed by atoms with Crippen LogP contribution in [0, 0.1) is 12.3 Å². The van der Waals surface area contributed by atoms with Gasteiger partial charge >= 0.3 is 0 Å². The Bertz CT molecular complexity index is 814. The predicted octanol–water partition coefficient (Wildman–Crippen LogP) is 5.68. The molecule has 3 aromatic rings. The molecule has 0 atom stereocenters. The number of aryl methyl sites for hydroxylation is 1. The van der Waals surface area contributed by atoms with E-state index in [0.717, 1.165) is 36.2 Å². The molecule has 2 nitrogen and oxygen atoms in total. The monoisotopic (exact) mass is 316 g/mol. The van der Waals surface area contributed by atoms with E-state index in [0.29, 0.717) is 5.71 Å². The lowest BCUT2D eigenvalue weighted by Crippen LogP contribution is -2.06. The van der Waals surface area contributed by atoms with Crippen molar-refractivity contribution < 1.29 is 0 Å². The summed E-state index contributed by atoms with van der Waals surface area (Å²) in [7, 11) is 0. The zero-order valence-corrected chi connectivity index (χ0v) is 14.4. The van der Waals surface area contributed by atoms with Crippen molar-refractivity contribution in [2.45, 2.75) is 33.2 Å². The smallest absolute Gasteiger partial charge is 0.0706 e. The maximum atomic E-state index is 8.73. The topological polar surface area (TPSA) is 28.8 Å². The summed E-state index contributed by atoms with van der Waals surface area (Å²) < 4.78 is 2.37. The molecule has 0 unspecified atom stereocenters. The molecule has 0 radical (unpaired) electrons. The Kier molecular flexibility index (Phi) is 4.95. The molecule has 2 heteroatoms. The van der Waals surface area contributed by atoms with Crippen molar-refractivity contribution in [3.63, 3.8) is 0 Å². The van der Waals surface area contributed by atoms with Gasteiger partial charge in [0.1, 0.15) is 0 Å². The number of nitrogens with zero attached hydrogens (tertiary/aromatic N) is 1. The lowest BCUT2D eigenvalue weighted by molar-refractivity contribution is 0.627. The fourth-order valence-electron chi connectivity index (χ4n) is 3.14. The van der Waals surface area contributed by atoms with Gasteiger partial charge < -0.3 is 4.57 Å². The Morgan fingerprint density at radius 1 is 0.958 bits per heavy atom. The van der Waals surface area contributed by atoms with Crippen molar-refractivity contribution in [1.82, 2.24) is 4.57 Å². The Balaban J connectivity index is 2.14. The summed E-state index contributed by atoms with van der Waals surface area (Å²) in [5.41, 5.74) is 6.13. The van der Waals surface area contributed by atoms with Crippen molar-refractivity contribution >= 4 is 5.71 Å². The minimum Gasteiger partial charge on any atom is -0.344 e. The summed E-state index contributed by atoms with van der Waals surface area (Å²) in [5, 5.41) is 8.73. The Morgan fingerprint density at radius 2 is 1.58 bits per heavy atom. The maximum Gasteiger partial charge on any atom is 0.0706 e. The molecule has 0 aliphatic carbocycles. The van der Waals surface area contributed by atoms with Crippen molar-refractivity contribution in [1.29, 1.82) is 5.41 Å². The Labute approximate surface area is 144 Å². The van der Waals surface area contributed by atoms with E-state index in [-0.39, 0.29) is 0 Å². The van der Waals surface area contributed by atoms with Gasteiger partial charge in [-0.15, -0.1) is 0 Å². The van der Waals surface area contributed by atoms with E-state index < -0.39 is 0 Å². The Hall–Kier alpha value is -2.61. The summed E-state index contributed by atoms with van der Waals surface area (Å²) in [6.07, 6.45) is 2.31. The van der Waals surface area contributed by atoms with Gasteiger partial charge in [-0.05, 0) is 25.0 Å². The van der Waals surface area contributed by atoms with E-state index >= 15 is 0 Å². The van der Waals surface area contributed by atoms with Crippen LogP contribution in [-0.2, 0) is 6.54 Å². The molecule has 1 aromatic heterocycles. The minimum atomic E-state index is 0.591. The molecule has 0 spiro atoms. The molecule has 0 fully saturated rings. The van der Waals surface area contributed by atoms with Gasteiger partial charge in [-0.1, -0.05) is 74.0 Å². The van der Waals surface area contributed by atoms with Gasteiger partial charge in [0.25, 0.3) is 0 Å². The number of unbranched alkanes of at least 4 members (excludes halogenated alkanes) is 1. The van der Waals surface area contributed by atoms with Crippen LogP contribution in [0.15, 0.2) is 66.7 Å². The predicted molar refractivity (Wildman–Crippen MR) is 102 cm³/mol. The molecule has 24 heavy (non-hydrogen) atoms. The van der Waals surface area contributed by atoms with Crippen LogP contribution < -0.4 is 0 Å². The summed E-state index contributed by atoms with van der Waals surface area (Å²) in [6.45, 7) is 5.35. The lowest BCUT2D eigenvalue weighted by atomic mass is 9.99. The fraction of sp³-hybridized carbons (Fsp3) is 0.227. The van der Waals surface area contributed by atoms with Crippen LogP contribution >= 0.6 is 0 Å². The second-order valence-corrected chi connectivity index (χ2v) is 6.16. The van der Waals surface area contributed by atoms with Crippen LogP contribution in [0.3, 0.4) is 0 Å². The van der Waals surface area contributed by atoms with Gasteiger partial charge in [-0.3, -0.25) is 5.41 Å². The second kappa shape index (κ2) is 7.31. The van der Waals surface area contributed by atoms with Gasteiger partial charge in [-0.2, -0.15) is 0 Å². The number of hydrogen-bond acceptors (Lipinski definition) is 1. The molecule has 0 saturated heterocycles. The van der Waals surface area contributed by atoms with Crippen LogP contribution in [0.4, 0.5) is 0 Å². The normalized spacial score (nSPS) is 10.8. The largest absolute Gasteiger partial charge is 0.344 e. The third-order valence-electron chi connectivity index (χ3n) is 4.42. The maximum absolute atomic E-state index is 8.73. The summed E-state index contributed by atoms with van der Waals surface area (Å²) in [4.78, 5) is 0. The molecule has 1 heterocycles. The SMILES string of the molecule is CCCCn1c(C)cc(C(=N)c2ccccc2)c1-c1ccccc1. The standard InChI is InChI=1S/C22H24N2/c1-3-4-15-24-17(2)16-20(21(23)18-11-7-5-8-12-18)22(24)19-13-9-6-10-14-19/h5-14,16,23H,3-4,15H2,1-2H3. The highest BCUT2D eigenvalue weighted by atomic mass is 15.0. The van der Waals surface area contributed by atoms with Crippen molar-refractivity contribution in [2.75, 3.05) is 0 Å². The van der Waals surface area contributed by atoms with E-state index in [2.05, 4.69) is 48.7 Å². The van der Waals surface area contributed by atoms with Crippen molar-refractivity contribution in [3.05, 3.63) is 83.6 Å². The summed E-state index contributed by atoms with van der Waals surface area (Å²) in [6, 6.07) is 22.6. The highest BCUT2D eigenvalue weighted by molar-refractivity contribution is 6.14. The number of hydrogen-bond donors (Lipinski definition) is 1. The van der Waals surface area contributed by atoms with E-state index in [1.807, 2.05) is 36.4 Å². The van der Waals surface area contributed by atoms with Crippen LogP contribution in [0.2, 0.25) is 0 Å². The third-order valence-corrected chi connectivity index (χ3v) is 4.42. The number of aromatic nitrogens is 1. The highest BCUT2D eigenvalue weighted by Gasteiger charge is 2.18. The van der Waals surface area contributed by atoms with Crippen molar-refractivity contribution in [2.24, 2.45) is 0 Å². The first-order valence-corrected chi connectivity index (χ1v) is 8.62. The molecule has 0 amide bonds. The Morgan fingerprint density at radius 3 is 2.21 bits per heavy atom. The molecule has 0 bridgehead atoms. The average Bonchev–Trinajstić information content (AvgIpc) is 2.97. The lowest BCUT2D eigenvalue weighted by Gasteiger charge is -2.14. The van der Waals surface area contributed by atoms with Gasteiger partial charge in [0.15, 0.2) is 0 Å². The molecule has 0 aliphatic heterocycles. The van der Waals surface area contributed by atoms with Crippen LogP contribution in [0.5, 0.6) is 0 Å². The van der Waals surface area contributed by atoms with Gasteiger partial charge in [0.2, 0.25) is 0 Å². The molecule has 2 aromatic carbocycles. The van der Waals surface area contributed by atoms with Crippen LogP contribution in [-0.4, -0.2) is 10.3 Å². The zero-order chi connectivity index (χ0) is 16.9. The number of nitrogens with one attached hydrogen (secondary N) is 1. The first-order valence-electron chi connectivity index (χ1n) is 8.62. The van der Waals surface area contributed by atoms with Crippen LogP contribution in [0.1, 0.15) is 36.6 Å². The minimum absolute atomic E-state index is 0.591. The summed E-state index contributed by atoms with van der Waals surface area (Å²) >= 11 is 0. The molecular weight excluding hydrogens is 292 g/mol. The summed E-state index contributed by atoms with van der Waals surface area (Å²) in [5.74, 6) is 0. The van der Waals surface area contributed by atoms with Gasteiger partial charge in [0.05, 0.1) is 11.4 Å². The molecule has 122 valence electrons. The van der Waals surface area contributed by atoms with E-state index in [4.69, 9.17) is 5.41 Å². The molecular formula is C22H24N2.